The molecule has 0 saturated heterocycles. The number of alkyl carbamates (subject to hydrolysis) is 1. The van der Waals surface area contributed by atoms with E-state index in [0.717, 1.165) is 57.8 Å². The van der Waals surface area contributed by atoms with Crippen molar-refractivity contribution in [2.24, 2.45) is 41.4 Å². The Bertz CT molecular complexity index is 986. The summed E-state index contributed by atoms with van der Waals surface area (Å²) in [5.74, 6) is 1.50. The number of aliphatic hydroxyl groups excluding tert-OH is 1. The first kappa shape index (κ1) is 37.9. The molecule has 0 bridgehead atoms. The first-order valence-electron chi connectivity index (χ1n) is 19.2. The quantitative estimate of drug-likeness (QED) is 0.178. The minimum atomic E-state index is -0.728. The van der Waals surface area contributed by atoms with Gasteiger partial charge in [0.15, 0.2) is 0 Å². The zero-order valence-corrected chi connectivity index (χ0v) is 30.2. The molecule has 7 atom stereocenters. The fraction of sp³-hybridized carbons (Fsp3) is 0.921. The molecule has 4 aliphatic carbocycles. The van der Waals surface area contributed by atoms with E-state index in [0.29, 0.717) is 42.8 Å². The summed E-state index contributed by atoms with van der Waals surface area (Å²) in [4.78, 5) is 39.6. The van der Waals surface area contributed by atoms with Gasteiger partial charge in [0.2, 0.25) is 11.8 Å². The third-order valence-electron chi connectivity index (χ3n) is 11.9. The van der Waals surface area contributed by atoms with Crippen LogP contribution in [0, 0.1) is 41.4 Å². The summed E-state index contributed by atoms with van der Waals surface area (Å²) in [6.45, 7) is 8.45. The van der Waals surface area contributed by atoms with Crippen LogP contribution in [0.15, 0.2) is 0 Å². The van der Waals surface area contributed by atoms with Gasteiger partial charge in [0.1, 0.15) is 0 Å². The normalized spacial score (nSPS) is 30.7. The average molecular weight is 662 g/mol. The number of aliphatic hydroxyl groups is 1. The molecule has 4 fully saturated rings. The van der Waals surface area contributed by atoms with Gasteiger partial charge in [-0.1, -0.05) is 64.7 Å². The van der Waals surface area contributed by atoms with Crippen LogP contribution in [0.5, 0.6) is 0 Å². The van der Waals surface area contributed by atoms with Gasteiger partial charge in [-0.3, -0.25) is 9.59 Å². The molecule has 0 spiro atoms. The predicted octanol–water partition coefficient (Wildman–Crippen LogP) is 6.51. The van der Waals surface area contributed by atoms with E-state index in [1.807, 2.05) is 27.7 Å². The standard InChI is InChI=1S/C38H67N3O6/c1-25(23-39-37(45)47-24-27-15-17-31(46-5)18-16-27)35(43)40-33(19-26-11-7-6-8-12-26)34(42)22-30-20-28-13-9-10-14-29(28)21-32(30)36(44)41-38(2,3)4/h25-34,42H,6-24H2,1-5H3,(H,39,45)(H,40,43)(H,41,44)/t25-,27?,28+,29-,30?,31?,32-,33-,34+/m0/s1. The lowest BCUT2D eigenvalue weighted by Gasteiger charge is -2.45. The van der Waals surface area contributed by atoms with E-state index in [1.54, 1.807) is 7.11 Å². The monoisotopic (exact) mass is 662 g/mol. The van der Waals surface area contributed by atoms with Crippen LogP contribution in [-0.2, 0) is 19.1 Å². The third-order valence-corrected chi connectivity index (χ3v) is 11.9. The van der Waals surface area contributed by atoms with Crippen LogP contribution in [0.4, 0.5) is 4.79 Å². The number of ether oxygens (including phenoxy) is 2. The summed E-state index contributed by atoms with van der Waals surface area (Å²) in [7, 11) is 1.75. The molecule has 1 unspecified atom stereocenters. The van der Waals surface area contributed by atoms with Crippen LogP contribution in [0.25, 0.3) is 0 Å². The van der Waals surface area contributed by atoms with Gasteiger partial charge in [-0.05, 0) is 102 Å². The Labute approximate surface area is 284 Å². The predicted molar refractivity (Wildman–Crippen MR) is 185 cm³/mol. The van der Waals surface area contributed by atoms with Crippen molar-refractivity contribution < 1.29 is 29.0 Å². The van der Waals surface area contributed by atoms with Gasteiger partial charge < -0.3 is 30.5 Å². The molecule has 0 radical (unpaired) electrons. The Balaban J connectivity index is 1.34. The van der Waals surface area contributed by atoms with E-state index in [2.05, 4.69) is 16.0 Å². The minimum absolute atomic E-state index is 0.0934. The summed E-state index contributed by atoms with van der Waals surface area (Å²) in [5, 5.41) is 21.1. The van der Waals surface area contributed by atoms with Crippen molar-refractivity contribution in [3.63, 3.8) is 0 Å². The molecule has 270 valence electrons. The maximum absolute atomic E-state index is 13.6. The van der Waals surface area contributed by atoms with Crippen molar-refractivity contribution in [1.29, 1.82) is 0 Å². The van der Waals surface area contributed by atoms with E-state index >= 15 is 0 Å². The zero-order chi connectivity index (χ0) is 34.0. The number of rotatable bonds is 13. The van der Waals surface area contributed by atoms with Crippen LogP contribution in [0.1, 0.15) is 137 Å². The molecule has 3 amide bonds. The number of carbonyl (C=O) groups excluding carboxylic acids is 3. The summed E-state index contributed by atoms with van der Waals surface area (Å²) < 4.78 is 10.9. The maximum atomic E-state index is 13.6. The van der Waals surface area contributed by atoms with Gasteiger partial charge in [0.25, 0.3) is 0 Å². The van der Waals surface area contributed by atoms with Crippen LogP contribution in [-0.4, -0.2) is 67.1 Å². The fourth-order valence-corrected chi connectivity index (χ4v) is 9.02. The lowest BCUT2D eigenvalue weighted by Crippen LogP contribution is -2.51. The van der Waals surface area contributed by atoms with Crippen molar-refractivity contribution in [3.8, 4) is 0 Å². The molecule has 0 aromatic rings. The first-order chi connectivity index (χ1) is 22.4. The van der Waals surface area contributed by atoms with Crippen LogP contribution in [0.3, 0.4) is 0 Å². The van der Waals surface area contributed by atoms with Crippen LogP contribution in [0.2, 0.25) is 0 Å². The minimum Gasteiger partial charge on any atom is -0.449 e. The number of methoxy groups -OCH3 is 1. The highest BCUT2D eigenvalue weighted by molar-refractivity contribution is 5.80. The van der Waals surface area contributed by atoms with Crippen LogP contribution >= 0.6 is 0 Å². The SMILES string of the molecule is COC1CCC(COC(=O)NC[C@H](C)C(=O)N[C@@H](CC2CCCCC2)[C@H](O)CC2C[C@H]3CCCC[C@H]3C[C@@H]2C(=O)NC(C)(C)C)CC1. The summed E-state index contributed by atoms with van der Waals surface area (Å²) in [5.41, 5.74) is -0.304. The largest absolute Gasteiger partial charge is 0.449 e. The third kappa shape index (κ3) is 12.2. The molecule has 4 rings (SSSR count). The van der Waals surface area contributed by atoms with E-state index in [-0.39, 0.29) is 41.8 Å². The number of hydrogen-bond acceptors (Lipinski definition) is 6. The second kappa shape index (κ2) is 18.2. The molecule has 4 saturated carbocycles. The van der Waals surface area contributed by atoms with Crippen molar-refractivity contribution in [2.45, 2.75) is 161 Å². The number of amides is 3. The Morgan fingerprint density at radius 1 is 0.830 bits per heavy atom. The fourth-order valence-electron chi connectivity index (χ4n) is 9.02. The second-order valence-electron chi connectivity index (χ2n) is 16.8. The molecule has 4 N–H and O–H groups in total. The lowest BCUT2D eigenvalue weighted by molar-refractivity contribution is -0.133. The molecule has 0 aliphatic heterocycles. The van der Waals surface area contributed by atoms with E-state index in [9.17, 15) is 19.5 Å². The van der Waals surface area contributed by atoms with E-state index in [4.69, 9.17) is 9.47 Å². The van der Waals surface area contributed by atoms with Crippen molar-refractivity contribution in [1.82, 2.24) is 16.0 Å². The average Bonchev–Trinajstić information content (AvgIpc) is 3.05. The van der Waals surface area contributed by atoms with E-state index < -0.39 is 18.1 Å². The summed E-state index contributed by atoms with van der Waals surface area (Å²) in [6.07, 6.45) is 17.0. The lowest BCUT2D eigenvalue weighted by atomic mass is 9.61. The van der Waals surface area contributed by atoms with Gasteiger partial charge in [-0.2, -0.15) is 0 Å². The Hall–Kier alpha value is -1.87. The molecule has 9 heteroatoms. The number of fused-ring (bicyclic) bond motifs is 1. The van der Waals surface area contributed by atoms with Gasteiger partial charge in [0.05, 0.1) is 30.8 Å². The topological polar surface area (TPSA) is 126 Å². The summed E-state index contributed by atoms with van der Waals surface area (Å²) >= 11 is 0. The molecule has 0 heterocycles. The smallest absolute Gasteiger partial charge is 0.407 e. The summed E-state index contributed by atoms with van der Waals surface area (Å²) in [6, 6.07) is -0.377. The molecular formula is C38H67N3O6. The van der Waals surface area contributed by atoms with Gasteiger partial charge >= 0.3 is 6.09 Å². The number of hydrogen-bond donors (Lipinski definition) is 4. The molecular weight excluding hydrogens is 594 g/mol. The molecule has 9 nitrogen and oxygen atoms in total. The number of nitrogens with one attached hydrogen (secondary N) is 3. The van der Waals surface area contributed by atoms with Gasteiger partial charge in [-0.25, -0.2) is 4.79 Å². The molecule has 4 aliphatic rings. The molecule has 47 heavy (non-hydrogen) atoms. The zero-order valence-electron chi connectivity index (χ0n) is 30.2. The second-order valence-corrected chi connectivity index (χ2v) is 16.8. The highest BCUT2D eigenvalue weighted by Crippen LogP contribution is 2.47. The van der Waals surface area contributed by atoms with Crippen molar-refractivity contribution in [3.05, 3.63) is 0 Å². The number of carbonyl (C=O) groups is 3. The van der Waals surface area contributed by atoms with Gasteiger partial charge in [-0.15, -0.1) is 0 Å². The maximum Gasteiger partial charge on any atom is 0.407 e. The van der Waals surface area contributed by atoms with Crippen molar-refractivity contribution >= 4 is 17.9 Å². The highest BCUT2D eigenvalue weighted by atomic mass is 16.5. The first-order valence-corrected chi connectivity index (χ1v) is 19.2. The molecule has 0 aromatic heterocycles. The van der Waals surface area contributed by atoms with Gasteiger partial charge in [0, 0.05) is 25.1 Å². The Morgan fingerprint density at radius 2 is 1.47 bits per heavy atom. The Kier molecular flexibility index (Phi) is 14.7. The van der Waals surface area contributed by atoms with Crippen molar-refractivity contribution in [2.75, 3.05) is 20.3 Å². The Morgan fingerprint density at radius 3 is 2.11 bits per heavy atom. The van der Waals surface area contributed by atoms with E-state index in [1.165, 1.54) is 44.9 Å². The molecule has 0 aromatic carbocycles. The highest BCUT2D eigenvalue weighted by Gasteiger charge is 2.43. The van der Waals surface area contributed by atoms with Crippen LogP contribution < -0.4 is 16.0 Å².